The molecule has 0 fully saturated rings. The molecule has 0 saturated heterocycles. The van der Waals surface area contributed by atoms with Gasteiger partial charge in [0.1, 0.15) is 19.0 Å². The monoisotopic (exact) mass is 352 g/mol. The van der Waals surface area contributed by atoms with Crippen molar-refractivity contribution in [3.05, 3.63) is 58.3 Å². The first-order chi connectivity index (χ1) is 10.1. The van der Waals surface area contributed by atoms with E-state index in [-0.39, 0.29) is 24.7 Å². The molecule has 0 saturated carbocycles. The highest BCUT2D eigenvalue weighted by Crippen LogP contribution is 2.22. The van der Waals surface area contributed by atoms with Crippen molar-refractivity contribution in [1.82, 2.24) is 0 Å². The topological polar surface area (TPSA) is 35.5 Å². The lowest BCUT2D eigenvalue weighted by Gasteiger charge is -2.11. The Kier molecular flexibility index (Phi) is 5.33. The van der Waals surface area contributed by atoms with Gasteiger partial charge in [0.2, 0.25) is 0 Å². The molecule has 0 heterocycles. The van der Waals surface area contributed by atoms with E-state index in [0.717, 1.165) is 4.47 Å². The van der Waals surface area contributed by atoms with Gasteiger partial charge in [-0.15, -0.1) is 0 Å². The maximum Gasteiger partial charge on any atom is 0.165 e. The van der Waals surface area contributed by atoms with Crippen LogP contribution >= 0.6 is 15.9 Å². The van der Waals surface area contributed by atoms with E-state index in [4.69, 9.17) is 9.47 Å². The molecule has 0 atom stereocenters. The van der Waals surface area contributed by atoms with Crippen molar-refractivity contribution in [3.8, 4) is 11.5 Å². The van der Waals surface area contributed by atoms with Crippen molar-refractivity contribution in [3.63, 3.8) is 0 Å². The number of carbonyl (C=O) groups is 1. The molecule has 0 aliphatic heterocycles. The first-order valence-electron chi connectivity index (χ1n) is 6.38. The van der Waals surface area contributed by atoms with Crippen LogP contribution in [0.5, 0.6) is 11.5 Å². The summed E-state index contributed by atoms with van der Waals surface area (Å²) in [6, 6.07) is 11.5. The average molecular weight is 353 g/mol. The van der Waals surface area contributed by atoms with Gasteiger partial charge in [0, 0.05) is 4.47 Å². The van der Waals surface area contributed by atoms with Gasteiger partial charge in [-0.25, -0.2) is 4.39 Å². The van der Waals surface area contributed by atoms with Crippen LogP contribution in [0.3, 0.4) is 0 Å². The van der Waals surface area contributed by atoms with Crippen molar-refractivity contribution in [2.75, 3.05) is 13.2 Å². The van der Waals surface area contributed by atoms with Crippen molar-refractivity contribution < 1.29 is 18.7 Å². The van der Waals surface area contributed by atoms with E-state index < -0.39 is 5.82 Å². The van der Waals surface area contributed by atoms with Crippen LogP contribution in [0, 0.1) is 5.82 Å². The highest BCUT2D eigenvalue weighted by atomic mass is 79.9. The fourth-order valence-corrected chi connectivity index (χ4v) is 2.11. The van der Waals surface area contributed by atoms with E-state index in [2.05, 4.69) is 15.9 Å². The van der Waals surface area contributed by atoms with E-state index >= 15 is 0 Å². The molecule has 0 unspecified atom stereocenters. The number of benzene rings is 2. The van der Waals surface area contributed by atoms with Gasteiger partial charge in [-0.05, 0) is 37.3 Å². The summed E-state index contributed by atoms with van der Waals surface area (Å²) in [6.07, 6.45) is 0. The van der Waals surface area contributed by atoms with Gasteiger partial charge in [0.15, 0.2) is 17.3 Å². The molecular weight excluding hydrogens is 339 g/mol. The minimum Gasteiger partial charge on any atom is -0.489 e. The fourth-order valence-electron chi connectivity index (χ4n) is 1.77. The second-order valence-corrected chi connectivity index (χ2v) is 5.24. The Morgan fingerprint density at radius 3 is 2.48 bits per heavy atom. The summed E-state index contributed by atoms with van der Waals surface area (Å²) < 4.78 is 25.0. The number of halogens is 2. The second-order valence-electron chi connectivity index (χ2n) is 4.32. The molecule has 2 aromatic rings. The van der Waals surface area contributed by atoms with Crippen LogP contribution in [0.25, 0.3) is 0 Å². The van der Waals surface area contributed by atoms with Crippen LogP contribution in [-0.2, 0) is 0 Å². The number of rotatable bonds is 6. The number of hydrogen-bond donors (Lipinski definition) is 0. The third-order valence-corrected chi connectivity index (χ3v) is 3.25. The first-order valence-corrected chi connectivity index (χ1v) is 7.18. The van der Waals surface area contributed by atoms with Crippen LogP contribution in [-0.4, -0.2) is 19.0 Å². The lowest BCUT2D eigenvalue weighted by atomic mass is 10.1. The molecule has 0 radical (unpaired) electrons. The molecule has 0 aliphatic carbocycles. The average Bonchev–Trinajstić information content (AvgIpc) is 2.47. The maximum absolute atomic E-state index is 13.5. The Hall–Kier alpha value is -1.88. The molecule has 2 aromatic carbocycles. The molecule has 0 bridgehead atoms. The van der Waals surface area contributed by atoms with Gasteiger partial charge in [-0.1, -0.05) is 28.1 Å². The van der Waals surface area contributed by atoms with Gasteiger partial charge >= 0.3 is 0 Å². The predicted octanol–water partition coefficient (Wildman–Crippen LogP) is 4.25. The number of Topliss-reactive ketones (excluding diaryl/α,β-unsaturated/α-hetero) is 1. The number of hydrogen-bond acceptors (Lipinski definition) is 3. The molecule has 21 heavy (non-hydrogen) atoms. The molecule has 5 heteroatoms. The summed E-state index contributed by atoms with van der Waals surface area (Å²) in [5, 5.41) is 0. The first kappa shape index (κ1) is 15.5. The third kappa shape index (κ3) is 4.29. The molecule has 0 aromatic heterocycles. The molecule has 3 nitrogen and oxygen atoms in total. The van der Waals surface area contributed by atoms with Crippen LogP contribution in [0.15, 0.2) is 46.9 Å². The van der Waals surface area contributed by atoms with Crippen molar-refractivity contribution in [2.24, 2.45) is 0 Å². The maximum atomic E-state index is 13.5. The fraction of sp³-hybridized carbons (Fsp3) is 0.188. The normalized spacial score (nSPS) is 10.2. The number of ketones is 1. The number of carbonyl (C=O) groups excluding carboxylic acids is 1. The van der Waals surface area contributed by atoms with E-state index in [1.807, 2.05) is 0 Å². The summed E-state index contributed by atoms with van der Waals surface area (Å²) in [6.45, 7) is 1.88. The molecule has 0 N–H and O–H groups in total. The Morgan fingerprint density at radius 1 is 1.10 bits per heavy atom. The highest BCUT2D eigenvalue weighted by Gasteiger charge is 2.08. The van der Waals surface area contributed by atoms with Crippen LogP contribution in [0.1, 0.15) is 17.3 Å². The van der Waals surface area contributed by atoms with Gasteiger partial charge in [-0.3, -0.25) is 4.79 Å². The largest absolute Gasteiger partial charge is 0.489 e. The van der Waals surface area contributed by atoms with E-state index in [0.29, 0.717) is 11.3 Å². The quantitative estimate of drug-likeness (QED) is 0.575. The van der Waals surface area contributed by atoms with Crippen molar-refractivity contribution in [2.45, 2.75) is 6.92 Å². The molecule has 110 valence electrons. The van der Waals surface area contributed by atoms with Gasteiger partial charge in [0.05, 0.1) is 5.56 Å². The van der Waals surface area contributed by atoms with Crippen molar-refractivity contribution in [1.29, 1.82) is 0 Å². The number of ether oxygens (including phenoxy) is 2. The standard InChI is InChI=1S/C16H14BrFO3/c1-11(19)13-4-2-3-5-15(13)20-8-9-21-16-10-12(17)6-7-14(16)18/h2-7,10H,8-9H2,1H3. The van der Waals surface area contributed by atoms with Gasteiger partial charge < -0.3 is 9.47 Å². The second kappa shape index (κ2) is 7.22. The lowest BCUT2D eigenvalue weighted by Crippen LogP contribution is -2.11. The predicted molar refractivity (Wildman–Crippen MR) is 81.5 cm³/mol. The SMILES string of the molecule is CC(=O)c1ccccc1OCCOc1cc(Br)ccc1F. The third-order valence-electron chi connectivity index (χ3n) is 2.76. The van der Waals surface area contributed by atoms with Crippen molar-refractivity contribution >= 4 is 21.7 Å². The summed E-state index contributed by atoms with van der Waals surface area (Å²) >= 11 is 3.25. The minimum absolute atomic E-state index is 0.0652. The molecule has 0 spiro atoms. The lowest BCUT2D eigenvalue weighted by molar-refractivity contribution is 0.101. The minimum atomic E-state index is -0.428. The number of para-hydroxylation sites is 1. The van der Waals surface area contributed by atoms with Gasteiger partial charge in [0.25, 0.3) is 0 Å². The highest BCUT2D eigenvalue weighted by molar-refractivity contribution is 9.10. The summed E-state index contributed by atoms with van der Waals surface area (Å²) in [5.74, 6) is 0.169. The van der Waals surface area contributed by atoms with Crippen LogP contribution in [0.2, 0.25) is 0 Å². The zero-order chi connectivity index (χ0) is 15.2. The molecular formula is C16H14BrFO3. The summed E-state index contributed by atoms with van der Waals surface area (Å²) in [7, 11) is 0. The van der Waals surface area contributed by atoms with E-state index in [9.17, 15) is 9.18 Å². The Morgan fingerprint density at radius 2 is 1.76 bits per heavy atom. The molecule has 0 amide bonds. The summed E-state index contributed by atoms with van der Waals surface area (Å²) in [5.41, 5.74) is 0.520. The Balaban J connectivity index is 1.91. The summed E-state index contributed by atoms with van der Waals surface area (Å²) in [4.78, 5) is 11.4. The Labute approximate surface area is 130 Å². The Bertz CT molecular complexity index is 643. The zero-order valence-electron chi connectivity index (χ0n) is 11.4. The van der Waals surface area contributed by atoms with E-state index in [1.165, 1.54) is 13.0 Å². The molecule has 0 aliphatic rings. The van der Waals surface area contributed by atoms with E-state index in [1.54, 1.807) is 36.4 Å². The van der Waals surface area contributed by atoms with Gasteiger partial charge in [-0.2, -0.15) is 0 Å². The zero-order valence-corrected chi connectivity index (χ0v) is 13.0. The van der Waals surface area contributed by atoms with Crippen LogP contribution < -0.4 is 9.47 Å². The van der Waals surface area contributed by atoms with Crippen LogP contribution in [0.4, 0.5) is 4.39 Å². The molecule has 2 rings (SSSR count). The smallest absolute Gasteiger partial charge is 0.165 e.